The van der Waals surface area contributed by atoms with Crippen LogP contribution in [0.25, 0.3) is 10.8 Å². The number of fused-ring (bicyclic) bond motifs is 3. The molecule has 4 aliphatic rings. The largest absolute Gasteiger partial charge is 0.459 e. The molecule has 388 valence electrons. The third-order valence-corrected chi connectivity index (χ3v) is 15.5. The molecule has 0 radical (unpaired) electrons. The standard InChI is InChI=1S/C61H79FN2O8/c1-3-5-6-7-8-9-10-11-12-25-57(67)64(43-44-27-30-48(62)31-28-44)56-42-54(63-72-58-26-17-20-38-68-58)52-40-47(23-15-18-35-65)51(24-16-19-36-66)59-53-41-50(70-49-32-29-45-21-13-14-22-46(45)39-49)33-34-55(53)71-61(56,60(52)59)69-37-4-2/h4,13-14,21-22,27-34,39-41,47,51,56,58-60,65-66H,2-3,5-12,15-20,23-26,35-38,42-43H2,1H3/t47-,51+,56-,58?,59+,60+,61+/m0/s1. The topological polar surface area (TPSA) is 119 Å². The molecule has 2 aliphatic carbocycles. The van der Waals surface area contributed by atoms with Gasteiger partial charge in [0.2, 0.25) is 18.0 Å². The highest BCUT2D eigenvalue weighted by Crippen LogP contribution is 2.62. The van der Waals surface area contributed by atoms with E-state index in [0.29, 0.717) is 37.4 Å². The van der Waals surface area contributed by atoms with E-state index in [1.54, 1.807) is 18.2 Å². The molecule has 0 spiro atoms. The minimum atomic E-state index is -1.43. The van der Waals surface area contributed by atoms with E-state index in [4.69, 9.17) is 28.9 Å². The number of oxime groups is 1. The van der Waals surface area contributed by atoms with E-state index in [0.717, 1.165) is 110 Å². The minimum Gasteiger partial charge on any atom is -0.459 e. The van der Waals surface area contributed by atoms with E-state index in [2.05, 4.69) is 49.9 Å². The summed E-state index contributed by atoms with van der Waals surface area (Å²) < 4.78 is 42.2. The van der Waals surface area contributed by atoms with Crippen molar-refractivity contribution >= 4 is 22.4 Å². The number of ether oxygens (including phenoxy) is 4. The number of carbonyl (C=O) groups is 1. The summed E-state index contributed by atoms with van der Waals surface area (Å²) in [7, 11) is 0. The average molecular weight is 987 g/mol. The van der Waals surface area contributed by atoms with Crippen LogP contribution in [-0.2, 0) is 25.7 Å². The number of carbonyl (C=O) groups excluding carboxylic acids is 1. The van der Waals surface area contributed by atoms with Gasteiger partial charge in [0, 0.05) is 50.5 Å². The number of nitrogens with zero attached hydrogens (tertiary/aromatic N) is 2. The quantitative estimate of drug-likeness (QED) is 0.0328. The maximum atomic E-state index is 15.3. The monoisotopic (exact) mass is 987 g/mol. The Labute approximate surface area is 427 Å². The van der Waals surface area contributed by atoms with Gasteiger partial charge in [-0.25, -0.2) is 4.39 Å². The molecule has 4 aromatic rings. The van der Waals surface area contributed by atoms with Gasteiger partial charge in [-0.1, -0.05) is 131 Å². The van der Waals surface area contributed by atoms with Crippen molar-refractivity contribution in [3.05, 3.63) is 126 Å². The fourth-order valence-corrected chi connectivity index (χ4v) is 11.9. The fraction of sp³-hybridized carbons (Fsp3) is 0.541. The SMILES string of the molecule is C=CCO[C@@]12Oc3ccc(Oc4ccc5ccccc5c4)cc3[C@H]3[C@H](CCCCO)[C@@H](CCCCO)C=C(C(=NOC4CCCCO4)C[C@@H]1N(Cc1ccc(F)cc1)C(=O)CCCCCCCCCCC)[C@H]32. The van der Waals surface area contributed by atoms with Gasteiger partial charge in [-0.3, -0.25) is 4.79 Å². The number of amides is 1. The summed E-state index contributed by atoms with van der Waals surface area (Å²) >= 11 is 0. The fourth-order valence-electron chi connectivity index (χ4n) is 11.9. The number of unbranched alkanes of at least 4 members (excludes halogenated alkanes) is 10. The van der Waals surface area contributed by atoms with Crippen molar-refractivity contribution in [3.63, 3.8) is 0 Å². The number of aliphatic hydroxyl groups excluding tert-OH is 2. The molecule has 2 fully saturated rings. The van der Waals surface area contributed by atoms with Crippen LogP contribution in [0.5, 0.6) is 17.2 Å². The molecule has 8 rings (SSSR count). The number of hydrogen-bond acceptors (Lipinski definition) is 9. The third kappa shape index (κ3) is 13.2. The Kier molecular flexibility index (Phi) is 19.8. The Balaban J connectivity index is 1.26. The van der Waals surface area contributed by atoms with Crippen molar-refractivity contribution in [1.82, 2.24) is 4.90 Å². The number of benzene rings is 4. The number of allylic oxidation sites excluding steroid dienone is 1. The van der Waals surface area contributed by atoms with Crippen molar-refractivity contribution in [2.24, 2.45) is 22.9 Å². The van der Waals surface area contributed by atoms with E-state index in [1.165, 1.54) is 44.2 Å². The van der Waals surface area contributed by atoms with Crippen LogP contribution in [0.1, 0.15) is 152 Å². The van der Waals surface area contributed by atoms with Crippen molar-refractivity contribution in [1.29, 1.82) is 0 Å². The molecule has 7 atom stereocenters. The van der Waals surface area contributed by atoms with Crippen molar-refractivity contribution in [2.45, 2.75) is 166 Å². The van der Waals surface area contributed by atoms with Gasteiger partial charge in [0.1, 0.15) is 29.1 Å². The molecule has 2 heterocycles. The Morgan fingerprint density at radius 1 is 0.847 bits per heavy atom. The first kappa shape index (κ1) is 53.2. The van der Waals surface area contributed by atoms with E-state index >= 15 is 4.79 Å². The average Bonchev–Trinajstić information content (AvgIpc) is 3.40. The maximum absolute atomic E-state index is 15.3. The van der Waals surface area contributed by atoms with Gasteiger partial charge >= 0.3 is 0 Å². The van der Waals surface area contributed by atoms with Gasteiger partial charge in [-0.2, -0.15) is 0 Å². The van der Waals surface area contributed by atoms with Gasteiger partial charge < -0.3 is 38.9 Å². The van der Waals surface area contributed by atoms with E-state index in [-0.39, 0.29) is 62.3 Å². The molecule has 2 aliphatic heterocycles. The first-order valence-electron chi connectivity index (χ1n) is 27.4. The highest BCUT2D eigenvalue weighted by Gasteiger charge is 2.65. The molecule has 1 amide bonds. The lowest BCUT2D eigenvalue weighted by Gasteiger charge is -2.60. The number of hydrogen-bond donors (Lipinski definition) is 2. The van der Waals surface area contributed by atoms with Crippen LogP contribution in [0.4, 0.5) is 4.39 Å². The van der Waals surface area contributed by atoms with Crippen LogP contribution < -0.4 is 9.47 Å². The highest BCUT2D eigenvalue weighted by molar-refractivity contribution is 6.03. The van der Waals surface area contributed by atoms with Gasteiger partial charge in [-0.15, -0.1) is 6.58 Å². The summed E-state index contributed by atoms with van der Waals surface area (Å²) in [6.07, 6.45) is 21.6. The predicted octanol–water partition coefficient (Wildman–Crippen LogP) is 13.9. The van der Waals surface area contributed by atoms with E-state index < -0.39 is 24.0 Å². The second-order valence-corrected chi connectivity index (χ2v) is 20.5. The smallest absolute Gasteiger partial charge is 0.239 e. The summed E-state index contributed by atoms with van der Waals surface area (Å²) in [5.74, 6) is -0.372. The summed E-state index contributed by atoms with van der Waals surface area (Å²) in [5, 5.41) is 27.5. The Morgan fingerprint density at radius 2 is 1.57 bits per heavy atom. The zero-order valence-electron chi connectivity index (χ0n) is 42.7. The molecule has 1 unspecified atom stereocenters. The molecular formula is C61H79FN2O8. The maximum Gasteiger partial charge on any atom is 0.239 e. The molecule has 1 saturated heterocycles. The number of rotatable bonds is 28. The second kappa shape index (κ2) is 26.8. The summed E-state index contributed by atoms with van der Waals surface area (Å²) in [6, 6.07) is 26.1. The number of halogens is 1. The summed E-state index contributed by atoms with van der Waals surface area (Å²) in [6.45, 7) is 7.50. The Hall–Kier alpha value is -5.07. The van der Waals surface area contributed by atoms with Crippen molar-refractivity contribution < 1.29 is 43.2 Å². The molecule has 10 nitrogen and oxygen atoms in total. The highest BCUT2D eigenvalue weighted by atomic mass is 19.1. The van der Waals surface area contributed by atoms with Crippen molar-refractivity contribution in [2.75, 3.05) is 26.4 Å². The van der Waals surface area contributed by atoms with Gasteiger partial charge in [0.25, 0.3) is 0 Å². The molecule has 4 aromatic carbocycles. The molecule has 1 saturated carbocycles. The minimum absolute atomic E-state index is 0.0283. The second-order valence-electron chi connectivity index (χ2n) is 20.5. The molecule has 72 heavy (non-hydrogen) atoms. The molecule has 2 N–H and O–H groups in total. The van der Waals surface area contributed by atoms with Gasteiger partial charge in [-0.05, 0) is 121 Å². The van der Waals surface area contributed by atoms with Gasteiger partial charge in [0.05, 0.1) is 24.8 Å². The van der Waals surface area contributed by atoms with Crippen LogP contribution in [0.15, 0.2) is 114 Å². The number of aliphatic hydroxyl groups is 2. The summed E-state index contributed by atoms with van der Waals surface area (Å²) in [4.78, 5) is 23.6. The van der Waals surface area contributed by atoms with Gasteiger partial charge in [0.15, 0.2) is 0 Å². The van der Waals surface area contributed by atoms with Crippen LogP contribution in [0.3, 0.4) is 0 Å². The van der Waals surface area contributed by atoms with E-state index in [9.17, 15) is 14.6 Å². The third-order valence-electron chi connectivity index (χ3n) is 15.5. The van der Waals surface area contributed by atoms with Crippen LogP contribution in [0, 0.1) is 23.6 Å². The predicted molar refractivity (Wildman–Crippen MR) is 282 cm³/mol. The summed E-state index contributed by atoms with van der Waals surface area (Å²) in [5.41, 5.74) is 3.45. The van der Waals surface area contributed by atoms with Crippen LogP contribution in [-0.4, -0.2) is 71.3 Å². The molecule has 11 heteroatoms. The zero-order chi connectivity index (χ0) is 50.1. The first-order valence-corrected chi connectivity index (χ1v) is 27.4. The lowest BCUT2D eigenvalue weighted by molar-refractivity contribution is -0.258. The van der Waals surface area contributed by atoms with Crippen LogP contribution in [0.2, 0.25) is 0 Å². The molecule has 0 aromatic heterocycles. The normalized spacial score (nSPS) is 23.9. The van der Waals surface area contributed by atoms with E-state index in [1.807, 2.05) is 35.2 Å². The van der Waals surface area contributed by atoms with Crippen molar-refractivity contribution in [3.8, 4) is 17.2 Å². The molecule has 0 bridgehead atoms. The van der Waals surface area contributed by atoms with Crippen LogP contribution >= 0.6 is 0 Å². The first-order chi connectivity index (χ1) is 35.3. The zero-order valence-corrected chi connectivity index (χ0v) is 42.7. The molecular weight excluding hydrogens is 908 g/mol. The lowest BCUT2D eigenvalue weighted by atomic mass is 9.55. The Bertz CT molecular complexity index is 2420. The Morgan fingerprint density at radius 3 is 2.31 bits per heavy atom. The lowest BCUT2D eigenvalue weighted by Crippen LogP contribution is -2.70.